The van der Waals surface area contributed by atoms with Crippen LogP contribution in [-0.4, -0.2) is 26.5 Å². The van der Waals surface area contributed by atoms with Crippen LogP contribution in [0, 0.1) is 18.6 Å². The number of nitrogens with one attached hydrogen (secondary N) is 1. The van der Waals surface area contributed by atoms with Gasteiger partial charge in [0.2, 0.25) is 0 Å². The number of aryl methyl sites for hydroxylation is 1. The van der Waals surface area contributed by atoms with Crippen molar-refractivity contribution in [2.75, 3.05) is 12.8 Å². The number of halogens is 2. The molecule has 20 heavy (non-hydrogen) atoms. The van der Waals surface area contributed by atoms with Gasteiger partial charge in [0, 0.05) is 11.6 Å². The van der Waals surface area contributed by atoms with Crippen molar-refractivity contribution in [1.29, 1.82) is 0 Å². The highest BCUT2D eigenvalue weighted by Gasteiger charge is 2.36. The van der Waals surface area contributed by atoms with E-state index in [2.05, 4.69) is 5.32 Å². The van der Waals surface area contributed by atoms with Crippen LogP contribution in [0.15, 0.2) is 12.1 Å². The SMILES string of the molecule is CNC(c1cc(C)c(F)cc1F)C1CCCCS1(=O)=O. The highest BCUT2D eigenvalue weighted by molar-refractivity contribution is 7.92. The van der Waals surface area contributed by atoms with Crippen molar-refractivity contribution in [1.82, 2.24) is 5.32 Å². The largest absolute Gasteiger partial charge is 0.312 e. The fourth-order valence-electron chi connectivity index (χ4n) is 2.81. The van der Waals surface area contributed by atoms with Crippen LogP contribution in [-0.2, 0) is 9.84 Å². The fourth-order valence-corrected chi connectivity index (χ4v) is 4.95. The first-order valence-corrected chi connectivity index (χ1v) is 8.42. The van der Waals surface area contributed by atoms with Gasteiger partial charge in [-0.05, 0) is 38.4 Å². The minimum atomic E-state index is -3.25. The van der Waals surface area contributed by atoms with E-state index in [0.29, 0.717) is 18.4 Å². The molecular formula is C14H19F2NO2S. The molecule has 0 aliphatic carbocycles. The lowest BCUT2D eigenvalue weighted by Gasteiger charge is -2.30. The van der Waals surface area contributed by atoms with Crippen LogP contribution in [0.4, 0.5) is 8.78 Å². The molecule has 0 spiro atoms. The smallest absolute Gasteiger partial charge is 0.155 e. The lowest BCUT2D eigenvalue weighted by Crippen LogP contribution is -2.39. The van der Waals surface area contributed by atoms with Crippen molar-refractivity contribution in [3.63, 3.8) is 0 Å². The zero-order chi connectivity index (χ0) is 14.9. The van der Waals surface area contributed by atoms with Crippen LogP contribution in [0.3, 0.4) is 0 Å². The van der Waals surface area contributed by atoms with Crippen molar-refractivity contribution in [3.05, 3.63) is 34.9 Å². The number of hydrogen-bond acceptors (Lipinski definition) is 3. The molecule has 1 aromatic rings. The van der Waals surface area contributed by atoms with Gasteiger partial charge in [-0.2, -0.15) is 0 Å². The summed E-state index contributed by atoms with van der Waals surface area (Å²) >= 11 is 0. The summed E-state index contributed by atoms with van der Waals surface area (Å²) in [4.78, 5) is 0. The molecule has 1 N–H and O–H groups in total. The second kappa shape index (κ2) is 5.77. The molecule has 3 nitrogen and oxygen atoms in total. The molecule has 0 radical (unpaired) electrons. The van der Waals surface area contributed by atoms with E-state index in [-0.39, 0.29) is 11.3 Å². The van der Waals surface area contributed by atoms with E-state index in [1.54, 1.807) is 14.0 Å². The van der Waals surface area contributed by atoms with E-state index in [9.17, 15) is 17.2 Å². The van der Waals surface area contributed by atoms with Crippen LogP contribution in [0.5, 0.6) is 0 Å². The van der Waals surface area contributed by atoms with Crippen molar-refractivity contribution in [3.8, 4) is 0 Å². The summed E-state index contributed by atoms with van der Waals surface area (Å²) in [7, 11) is -1.64. The molecule has 0 amide bonds. The Morgan fingerprint density at radius 1 is 1.25 bits per heavy atom. The number of benzene rings is 1. The van der Waals surface area contributed by atoms with Crippen LogP contribution in [0.1, 0.15) is 36.4 Å². The van der Waals surface area contributed by atoms with Gasteiger partial charge in [-0.1, -0.05) is 6.42 Å². The number of rotatable bonds is 3. The van der Waals surface area contributed by atoms with E-state index in [1.807, 2.05) is 0 Å². The Hall–Kier alpha value is -1.01. The maximum Gasteiger partial charge on any atom is 0.155 e. The summed E-state index contributed by atoms with van der Waals surface area (Å²) in [6.07, 6.45) is 1.97. The minimum absolute atomic E-state index is 0.137. The Morgan fingerprint density at radius 2 is 1.95 bits per heavy atom. The molecule has 1 saturated heterocycles. The van der Waals surface area contributed by atoms with Gasteiger partial charge in [0.15, 0.2) is 9.84 Å². The molecule has 1 aliphatic rings. The van der Waals surface area contributed by atoms with Crippen LogP contribution in [0.2, 0.25) is 0 Å². The van der Waals surface area contributed by atoms with E-state index < -0.39 is 32.8 Å². The normalized spacial score (nSPS) is 23.5. The second-order valence-corrected chi connectivity index (χ2v) is 7.63. The Labute approximate surface area is 118 Å². The maximum absolute atomic E-state index is 14.0. The first-order valence-electron chi connectivity index (χ1n) is 6.71. The fraction of sp³-hybridized carbons (Fsp3) is 0.571. The molecule has 1 fully saturated rings. The minimum Gasteiger partial charge on any atom is -0.312 e. The van der Waals surface area contributed by atoms with Crippen molar-refractivity contribution >= 4 is 9.84 Å². The summed E-state index contributed by atoms with van der Waals surface area (Å²) in [6, 6.07) is 1.58. The predicted molar refractivity (Wildman–Crippen MR) is 74.3 cm³/mol. The van der Waals surface area contributed by atoms with Crippen LogP contribution < -0.4 is 5.32 Å². The first kappa shape index (κ1) is 15.4. The second-order valence-electron chi connectivity index (χ2n) is 5.29. The zero-order valence-corrected chi connectivity index (χ0v) is 12.4. The highest BCUT2D eigenvalue weighted by Crippen LogP contribution is 2.32. The summed E-state index contributed by atoms with van der Waals surface area (Å²) in [5, 5.41) is 2.24. The predicted octanol–water partition coefficient (Wildman–Crippen LogP) is 2.50. The third-order valence-electron chi connectivity index (χ3n) is 3.92. The molecule has 2 atom stereocenters. The number of hydrogen-bond donors (Lipinski definition) is 1. The molecular weight excluding hydrogens is 284 g/mol. The molecule has 2 unspecified atom stereocenters. The third kappa shape index (κ3) is 2.86. The Morgan fingerprint density at radius 3 is 2.55 bits per heavy atom. The van der Waals surface area contributed by atoms with E-state index >= 15 is 0 Å². The van der Waals surface area contributed by atoms with Gasteiger partial charge in [0.05, 0.1) is 17.0 Å². The zero-order valence-electron chi connectivity index (χ0n) is 11.6. The van der Waals surface area contributed by atoms with Crippen molar-refractivity contribution in [2.24, 2.45) is 0 Å². The summed E-state index contributed by atoms with van der Waals surface area (Å²) in [5.41, 5.74) is 0.539. The molecule has 0 saturated carbocycles. The van der Waals surface area contributed by atoms with E-state index in [4.69, 9.17) is 0 Å². The molecule has 0 bridgehead atoms. The van der Waals surface area contributed by atoms with Gasteiger partial charge in [-0.25, -0.2) is 17.2 Å². The Kier molecular flexibility index (Phi) is 4.44. The van der Waals surface area contributed by atoms with E-state index in [0.717, 1.165) is 12.5 Å². The third-order valence-corrected chi connectivity index (χ3v) is 6.21. The van der Waals surface area contributed by atoms with Gasteiger partial charge >= 0.3 is 0 Å². The lowest BCUT2D eigenvalue weighted by atomic mass is 9.97. The molecule has 6 heteroatoms. The topological polar surface area (TPSA) is 46.2 Å². The standard InChI is InChI=1S/C14H19F2NO2S/c1-9-7-10(12(16)8-11(9)15)14(17-2)13-5-3-4-6-20(13,18)19/h7-8,13-14,17H,3-6H2,1-2H3. The van der Waals surface area contributed by atoms with Crippen LogP contribution >= 0.6 is 0 Å². The summed E-state index contributed by atoms with van der Waals surface area (Å²) in [6.45, 7) is 1.54. The van der Waals surface area contributed by atoms with Gasteiger partial charge in [-0.15, -0.1) is 0 Å². The molecule has 1 heterocycles. The average Bonchev–Trinajstić information content (AvgIpc) is 2.37. The van der Waals surface area contributed by atoms with Gasteiger partial charge in [0.1, 0.15) is 11.6 Å². The number of sulfone groups is 1. The van der Waals surface area contributed by atoms with Gasteiger partial charge in [-0.3, -0.25) is 0 Å². The van der Waals surface area contributed by atoms with Crippen molar-refractivity contribution in [2.45, 2.75) is 37.5 Å². The van der Waals surface area contributed by atoms with Crippen LogP contribution in [0.25, 0.3) is 0 Å². The Balaban J connectivity index is 2.45. The molecule has 112 valence electrons. The van der Waals surface area contributed by atoms with Gasteiger partial charge in [0.25, 0.3) is 0 Å². The monoisotopic (exact) mass is 303 g/mol. The summed E-state index contributed by atoms with van der Waals surface area (Å²) in [5.74, 6) is -1.18. The van der Waals surface area contributed by atoms with E-state index in [1.165, 1.54) is 6.07 Å². The molecule has 0 aromatic heterocycles. The Bertz CT molecular complexity index is 601. The summed E-state index contributed by atoms with van der Waals surface area (Å²) < 4.78 is 51.7. The first-order chi connectivity index (χ1) is 9.36. The van der Waals surface area contributed by atoms with Gasteiger partial charge < -0.3 is 5.32 Å². The highest BCUT2D eigenvalue weighted by atomic mass is 32.2. The quantitative estimate of drug-likeness (QED) is 0.933. The molecule has 2 rings (SSSR count). The average molecular weight is 303 g/mol. The maximum atomic E-state index is 14.0. The molecule has 1 aromatic carbocycles. The molecule has 1 aliphatic heterocycles. The lowest BCUT2D eigenvalue weighted by molar-refractivity contribution is 0.452. The van der Waals surface area contributed by atoms with Crippen molar-refractivity contribution < 1.29 is 17.2 Å².